The minimum atomic E-state index is -0.392. The van der Waals surface area contributed by atoms with Crippen LogP contribution in [0.5, 0.6) is 0 Å². The number of aryl methyl sites for hydroxylation is 1. The maximum atomic E-state index is 11.6. The van der Waals surface area contributed by atoms with Crippen molar-refractivity contribution >= 4 is 17.3 Å². The molecule has 0 aliphatic rings. The molecule has 0 unspecified atom stereocenters. The molecule has 2 aromatic heterocycles. The number of nitrogen functional groups attached to an aromatic ring is 1. The van der Waals surface area contributed by atoms with Gasteiger partial charge in [0.1, 0.15) is 12.0 Å². The molecule has 0 bridgehead atoms. The third kappa shape index (κ3) is 1.80. The summed E-state index contributed by atoms with van der Waals surface area (Å²) in [6.45, 7) is 0. The smallest absolute Gasteiger partial charge is 0.278 e. The van der Waals surface area contributed by atoms with Crippen LogP contribution in [-0.4, -0.2) is 20.8 Å². The standard InChI is InChI=1S/C8H9N5O2/c1-13-3-6(9)7(12-13)8(14)11-5-2-10-15-4-5/h2-4H,9H2,1H3,(H,11,14). The molecule has 1 amide bonds. The maximum absolute atomic E-state index is 11.6. The first-order valence-corrected chi connectivity index (χ1v) is 4.16. The van der Waals surface area contributed by atoms with E-state index in [0.717, 1.165) is 0 Å². The van der Waals surface area contributed by atoms with E-state index < -0.39 is 5.91 Å². The highest BCUT2D eigenvalue weighted by molar-refractivity contribution is 6.05. The summed E-state index contributed by atoms with van der Waals surface area (Å²) in [6.07, 6.45) is 4.26. The molecular formula is C8H9N5O2. The molecule has 0 fully saturated rings. The van der Waals surface area contributed by atoms with Crippen molar-refractivity contribution < 1.29 is 9.32 Å². The molecule has 2 heterocycles. The zero-order valence-corrected chi connectivity index (χ0v) is 7.97. The van der Waals surface area contributed by atoms with E-state index in [1.165, 1.54) is 17.1 Å². The monoisotopic (exact) mass is 207 g/mol. The van der Waals surface area contributed by atoms with Gasteiger partial charge in [-0.1, -0.05) is 5.16 Å². The summed E-state index contributed by atoms with van der Waals surface area (Å²) in [5, 5.41) is 9.91. The van der Waals surface area contributed by atoms with E-state index in [1.807, 2.05) is 0 Å². The predicted molar refractivity (Wildman–Crippen MR) is 52.1 cm³/mol. The Hall–Kier alpha value is -2.31. The van der Waals surface area contributed by atoms with Gasteiger partial charge >= 0.3 is 0 Å². The number of carbonyl (C=O) groups excluding carboxylic acids is 1. The topological polar surface area (TPSA) is 99.0 Å². The van der Waals surface area contributed by atoms with Crippen molar-refractivity contribution in [3.8, 4) is 0 Å². The number of hydrogen-bond donors (Lipinski definition) is 2. The Morgan fingerprint density at radius 3 is 3.00 bits per heavy atom. The average molecular weight is 207 g/mol. The lowest BCUT2D eigenvalue weighted by atomic mass is 10.3. The summed E-state index contributed by atoms with van der Waals surface area (Å²) in [4.78, 5) is 11.6. The van der Waals surface area contributed by atoms with Gasteiger partial charge in [0.2, 0.25) is 0 Å². The molecule has 15 heavy (non-hydrogen) atoms. The highest BCUT2D eigenvalue weighted by atomic mass is 16.5. The summed E-state index contributed by atoms with van der Waals surface area (Å²) in [6, 6.07) is 0. The molecule has 0 spiro atoms. The molecule has 0 saturated carbocycles. The van der Waals surface area contributed by atoms with Gasteiger partial charge in [-0.15, -0.1) is 0 Å². The molecule has 3 N–H and O–H groups in total. The second-order valence-electron chi connectivity index (χ2n) is 2.97. The molecule has 7 heteroatoms. The van der Waals surface area contributed by atoms with Gasteiger partial charge in [0.15, 0.2) is 5.69 Å². The Morgan fingerprint density at radius 1 is 1.67 bits per heavy atom. The molecule has 0 aliphatic heterocycles. The average Bonchev–Trinajstić information content (AvgIpc) is 2.75. The van der Waals surface area contributed by atoms with Crippen LogP contribution in [0.25, 0.3) is 0 Å². The first-order valence-electron chi connectivity index (χ1n) is 4.16. The Morgan fingerprint density at radius 2 is 2.47 bits per heavy atom. The largest absolute Gasteiger partial charge is 0.396 e. The van der Waals surface area contributed by atoms with Crippen molar-refractivity contribution in [3.05, 3.63) is 24.4 Å². The molecule has 0 aliphatic carbocycles. The maximum Gasteiger partial charge on any atom is 0.278 e. The van der Waals surface area contributed by atoms with E-state index >= 15 is 0 Å². The number of aromatic nitrogens is 3. The van der Waals surface area contributed by atoms with Crippen LogP contribution in [0.2, 0.25) is 0 Å². The van der Waals surface area contributed by atoms with Gasteiger partial charge in [-0.3, -0.25) is 9.48 Å². The van der Waals surface area contributed by atoms with Gasteiger partial charge in [-0.05, 0) is 0 Å². The lowest BCUT2D eigenvalue weighted by molar-refractivity contribution is 0.102. The molecule has 0 aromatic carbocycles. The van der Waals surface area contributed by atoms with Crippen LogP contribution >= 0.6 is 0 Å². The third-order valence-corrected chi connectivity index (χ3v) is 1.76. The van der Waals surface area contributed by atoms with E-state index in [1.54, 1.807) is 13.2 Å². The zero-order chi connectivity index (χ0) is 10.8. The van der Waals surface area contributed by atoms with Gasteiger partial charge in [0.05, 0.1) is 11.9 Å². The van der Waals surface area contributed by atoms with Gasteiger partial charge in [-0.2, -0.15) is 5.10 Å². The van der Waals surface area contributed by atoms with Gasteiger partial charge < -0.3 is 15.6 Å². The van der Waals surface area contributed by atoms with Gasteiger partial charge in [0.25, 0.3) is 5.91 Å². The number of nitrogens with one attached hydrogen (secondary N) is 1. The van der Waals surface area contributed by atoms with E-state index in [9.17, 15) is 4.79 Å². The normalized spacial score (nSPS) is 10.2. The number of hydrogen-bond acceptors (Lipinski definition) is 5. The van der Waals surface area contributed by atoms with Crippen LogP contribution in [0, 0.1) is 0 Å². The second-order valence-corrected chi connectivity index (χ2v) is 2.97. The number of amides is 1. The Kier molecular flexibility index (Phi) is 2.13. The van der Waals surface area contributed by atoms with Crippen LogP contribution in [0.15, 0.2) is 23.2 Å². The SMILES string of the molecule is Cn1cc(N)c(C(=O)Nc2cnoc2)n1. The summed E-state index contributed by atoms with van der Waals surface area (Å²) >= 11 is 0. The number of nitrogens with zero attached hydrogens (tertiary/aromatic N) is 3. The van der Waals surface area contributed by atoms with E-state index in [4.69, 9.17) is 5.73 Å². The van der Waals surface area contributed by atoms with E-state index in [2.05, 4.69) is 20.1 Å². The Bertz CT molecular complexity index is 473. The summed E-state index contributed by atoms with van der Waals surface area (Å²) in [5.41, 5.74) is 6.56. The summed E-state index contributed by atoms with van der Waals surface area (Å²) in [7, 11) is 1.69. The van der Waals surface area contributed by atoms with Crippen molar-refractivity contribution in [1.29, 1.82) is 0 Å². The van der Waals surface area contributed by atoms with Crippen LogP contribution in [0.3, 0.4) is 0 Å². The Balaban J connectivity index is 2.18. The minimum absolute atomic E-state index is 0.179. The summed E-state index contributed by atoms with van der Waals surface area (Å²) < 4.78 is 6.04. The lowest BCUT2D eigenvalue weighted by Gasteiger charge is -1.98. The number of carbonyl (C=O) groups is 1. The second kappa shape index (κ2) is 3.45. The third-order valence-electron chi connectivity index (χ3n) is 1.76. The number of anilines is 2. The highest BCUT2D eigenvalue weighted by Gasteiger charge is 2.14. The molecular weight excluding hydrogens is 198 g/mol. The predicted octanol–water partition coefficient (Wildman–Crippen LogP) is 0.243. The molecule has 78 valence electrons. The van der Waals surface area contributed by atoms with Gasteiger partial charge in [-0.25, -0.2) is 0 Å². The number of nitrogens with two attached hydrogens (primary N) is 1. The van der Waals surface area contributed by atoms with Crippen molar-refractivity contribution in [2.75, 3.05) is 11.1 Å². The van der Waals surface area contributed by atoms with Crippen LogP contribution in [-0.2, 0) is 7.05 Å². The van der Waals surface area contributed by atoms with Gasteiger partial charge in [0, 0.05) is 13.2 Å². The highest BCUT2D eigenvalue weighted by Crippen LogP contribution is 2.11. The molecule has 0 radical (unpaired) electrons. The molecule has 2 rings (SSSR count). The first kappa shape index (κ1) is 9.25. The minimum Gasteiger partial charge on any atom is -0.396 e. The van der Waals surface area contributed by atoms with Crippen LogP contribution in [0.4, 0.5) is 11.4 Å². The van der Waals surface area contributed by atoms with Crippen molar-refractivity contribution in [3.63, 3.8) is 0 Å². The quantitative estimate of drug-likeness (QED) is 0.735. The fourth-order valence-electron chi connectivity index (χ4n) is 1.14. The Labute approximate surface area is 84.8 Å². The fraction of sp³-hybridized carbons (Fsp3) is 0.125. The van der Waals surface area contributed by atoms with Crippen LogP contribution < -0.4 is 11.1 Å². The summed E-state index contributed by atoms with van der Waals surface area (Å²) in [5.74, 6) is -0.392. The zero-order valence-electron chi connectivity index (χ0n) is 7.97. The molecule has 0 saturated heterocycles. The van der Waals surface area contributed by atoms with E-state index in [0.29, 0.717) is 11.4 Å². The first-order chi connectivity index (χ1) is 7.16. The van der Waals surface area contributed by atoms with Crippen molar-refractivity contribution in [2.45, 2.75) is 0 Å². The molecule has 2 aromatic rings. The molecule has 7 nitrogen and oxygen atoms in total. The molecule has 0 atom stereocenters. The van der Waals surface area contributed by atoms with Crippen molar-refractivity contribution in [1.82, 2.24) is 14.9 Å². The van der Waals surface area contributed by atoms with Crippen molar-refractivity contribution in [2.24, 2.45) is 7.05 Å². The number of rotatable bonds is 2. The lowest BCUT2D eigenvalue weighted by Crippen LogP contribution is -2.14. The van der Waals surface area contributed by atoms with E-state index in [-0.39, 0.29) is 5.69 Å². The fourth-order valence-corrected chi connectivity index (χ4v) is 1.14. The van der Waals surface area contributed by atoms with Crippen LogP contribution in [0.1, 0.15) is 10.5 Å².